The molecule has 2 aromatic heterocycles. The average molecular weight is 212 g/mol. The van der Waals surface area contributed by atoms with E-state index in [2.05, 4.69) is 32.1 Å². The van der Waals surface area contributed by atoms with Crippen LogP contribution in [0.4, 0.5) is 0 Å². The highest BCUT2D eigenvalue weighted by Gasteiger charge is 2.04. The van der Waals surface area contributed by atoms with Crippen LogP contribution in [0.3, 0.4) is 0 Å². The maximum atomic E-state index is 4.37. The quantitative estimate of drug-likeness (QED) is 0.651. The van der Waals surface area contributed by atoms with Gasteiger partial charge in [-0.2, -0.15) is 0 Å². The summed E-state index contributed by atoms with van der Waals surface area (Å²) in [5, 5.41) is 0. The maximum absolute atomic E-state index is 4.37. The summed E-state index contributed by atoms with van der Waals surface area (Å²) in [7, 11) is 0. The van der Waals surface area contributed by atoms with Gasteiger partial charge >= 0.3 is 0 Å². The molecule has 0 bridgehead atoms. The number of hydrogen-bond acceptors (Lipinski definition) is 2. The lowest BCUT2D eigenvalue weighted by atomic mass is 10.1. The summed E-state index contributed by atoms with van der Waals surface area (Å²) in [4.78, 5) is 15.0. The van der Waals surface area contributed by atoms with Crippen LogP contribution in [0.1, 0.15) is 11.6 Å². The third kappa shape index (κ3) is 1.39. The van der Waals surface area contributed by atoms with Crippen LogP contribution in [0, 0.1) is 13.8 Å². The monoisotopic (exact) mass is 212 g/mol. The molecule has 0 aliphatic carbocycles. The zero-order chi connectivity index (χ0) is 11.1. The summed E-state index contributed by atoms with van der Waals surface area (Å²) in [5.41, 5.74) is 4.21. The second-order valence-corrected chi connectivity index (χ2v) is 3.94. The Kier molecular flexibility index (Phi) is 1.83. The number of hydrogen-bond donors (Lipinski definition) is 2. The van der Waals surface area contributed by atoms with Crippen LogP contribution < -0.4 is 0 Å². The van der Waals surface area contributed by atoms with Gasteiger partial charge in [-0.25, -0.2) is 9.97 Å². The Morgan fingerprint density at radius 1 is 1.06 bits per heavy atom. The predicted molar refractivity (Wildman–Crippen MR) is 63.1 cm³/mol. The van der Waals surface area contributed by atoms with Crippen molar-refractivity contribution < 1.29 is 0 Å². The molecular formula is C12H12N4. The molecule has 1 aromatic carbocycles. The van der Waals surface area contributed by atoms with Crippen molar-refractivity contribution in [2.45, 2.75) is 13.8 Å². The molecule has 16 heavy (non-hydrogen) atoms. The minimum atomic E-state index is 0.927. The minimum Gasteiger partial charge on any atom is -0.342 e. The summed E-state index contributed by atoms with van der Waals surface area (Å²) >= 11 is 0. The van der Waals surface area contributed by atoms with Gasteiger partial charge in [-0.15, -0.1) is 0 Å². The van der Waals surface area contributed by atoms with Crippen molar-refractivity contribution in [3.05, 3.63) is 36.0 Å². The van der Waals surface area contributed by atoms with E-state index in [-0.39, 0.29) is 0 Å². The number of nitrogens with one attached hydrogen (secondary N) is 2. The fourth-order valence-corrected chi connectivity index (χ4v) is 1.87. The van der Waals surface area contributed by atoms with Crippen molar-refractivity contribution in [3.8, 4) is 11.3 Å². The van der Waals surface area contributed by atoms with Gasteiger partial charge in [-0.3, -0.25) is 0 Å². The molecule has 0 aliphatic heterocycles. The summed E-state index contributed by atoms with van der Waals surface area (Å²) in [6.07, 6.45) is 1.85. The van der Waals surface area contributed by atoms with E-state index >= 15 is 0 Å². The van der Waals surface area contributed by atoms with Crippen molar-refractivity contribution in [2.75, 3.05) is 0 Å². The van der Waals surface area contributed by atoms with E-state index < -0.39 is 0 Å². The van der Waals surface area contributed by atoms with Gasteiger partial charge in [-0.05, 0) is 26.0 Å². The van der Waals surface area contributed by atoms with E-state index in [4.69, 9.17) is 0 Å². The SMILES string of the molecule is Cc1ncc(-c2ccc3nc(C)[nH]c3c2)[nH]1. The molecule has 80 valence electrons. The molecule has 0 atom stereocenters. The van der Waals surface area contributed by atoms with Crippen molar-refractivity contribution >= 4 is 11.0 Å². The molecule has 0 amide bonds. The fourth-order valence-electron chi connectivity index (χ4n) is 1.87. The zero-order valence-electron chi connectivity index (χ0n) is 9.20. The van der Waals surface area contributed by atoms with E-state index in [1.807, 2.05) is 26.1 Å². The summed E-state index contributed by atoms with van der Waals surface area (Å²) in [5.74, 6) is 1.86. The molecule has 0 unspecified atom stereocenters. The summed E-state index contributed by atoms with van der Waals surface area (Å²) in [6.45, 7) is 3.91. The maximum Gasteiger partial charge on any atom is 0.104 e. The second-order valence-electron chi connectivity index (χ2n) is 3.94. The normalized spacial score (nSPS) is 11.1. The number of aromatic amines is 2. The number of nitrogens with zero attached hydrogens (tertiary/aromatic N) is 2. The van der Waals surface area contributed by atoms with Crippen LogP contribution in [0.2, 0.25) is 0 Å². The molecule has 3 rings (SSSR count). The molecular weight excluding hydrogens is 200 g/mol. The Balaban J connectivity index is 2.17. The van der Waals surface area contributed by atoms with Crippen molar-refractivity contribution in [1.82, 2.24) is 19.9 Å². The summed E-state index contributed by atoms with van der Waals surface area (Å²) < 4.78 is 0. The number of rotatable bonds is 1. The van der Waals surface area contributed by atoms with Gasteiger partial charge in [0.25, 0.3) is 0 Å². The van der Waals surface area contributed by atoms with Gasteiger partial charge < -0.3 is 9.97 Å². The van der Waals surface area contributed by atoms with Crippen LogP contribution in [0.15, 0.2) is 24.4 Å². The number of fused-ring (bicyclic) bond motifs is 1. The van der Waals surface area contributed by atoms with E-state index in [9.17, 15) is 0 Å². The molecule has 0 spiro atoms. The third-order valence-electron chi connectivity index (χ3n) is 2.61. The van der Waals surface area contributed by atoms with Crippen molar-refractivity contribution in [1.29, 1.82) is 0 Å². The minimum absolute atomic E-state index is 0.927. The number of benzene rings is 1. The van der Waals surface area contributed by atoms with Crippen molar-refractivity contribution in [2.24, 2.45) is 0 Å². The van der Waals surface area contributed by atoms with Crippen LogP contribution in [0.25, 0.3) is 22.3 Å². The number of imidazole rings is 2. The number of H-pyrrole nitrogens is 2. The number of aryl methyl sites for hydroxylation is 2. The number of aromatic nitrogens is 4. The highest BCUT2D eigenvalue weighted by Crippen LogP contribution is 2.21. The standard InChI is InChI=1S/C12H12N4/c1-7-13-6-12(14-7)9-3-4-10-11(5-9)16-8(2)15-10/h3-6H,1-2H3,(H,13,14)(H,15,16). The first-order valence-corrected chi connectivity index (χ1v) is 5.21. The van der Waals surface area contributed by atoms with Gasteiger partial charge in [0.15, 0.2) is 0 Å². The molecule has 2 heterocycles. The Hall–Kier alpha value is -2.10. The van der Waals surface area contributed by atoms with Gasteiger partial charge in [0.05, 0.1) is 22.9 Å². The smallest absolute Gasteiger partial charge is 0.104 e. The predicted octanol–water partition coefficient (Wildman–Crippen LogP) is 2.57. The highest BCUT2D eigenvalue weighted by atomic mass is 14.9. The first-order valence-electron chi connectivity index (χ1n) is 5.21. The lowest BCUT2D eigenvalue weighted by Gasteiger charge is -1.96. The molecule has 0 radical (unpaired) electrons. The van der Waals surface area contributed by atoms with E-state index in [0.717, 1.165) is 33.9 Å². The zero-order valence-corrected chi connectivity index (χ0v) is 9.20. The lowest BCUT2D eigenvalue weighted by molar-refractivity contribution is 1.15. The highest BCUT2D eigenvalue weighted by molar-refractivity contribution is 5.81. The Morgan fingerprint density at radius 3 is 2.69 bits per heavy atom. The van der Waals surface area contributed by atoms with Gasteiger partial charge in [0.1, 0.15) is 11.6 Å². The topological polar surface area (TPSA) is 57.4 Å². The Labute approximate surface area is 92.8 Å². The van der Waals surface area contributed by atoms with Crippen LogP contribution >= 0.6 is 0 Å². The Bertz CT molecular complexity index is 648. The van der Waals surface area contributed by atoms with Gasteiger partial charge in [-0.1, -0.05) is 6.07 Å². The summed E-state index contributed by atoms with van der Waals surface area (Å²) in [6, 6.07) is 6.15. The van der Waals surface area contributed by atoms with E-state index in [1.165, 1.54) is 0 Å². The molecule has 0 aliphatic rings. The molecule has 2 N–H and O–H groups in total. The van der Waals surface area contributed by atoms with Crippen LogP contribution in [-0.2, 0) is 0 Å². The lowest BCUT2D eigenvalue weighted by Crippen LogP contribution is -1.78. The molecule has 0 saturated carbocycles. The Morgan fingerprint density at radius 2 is 1.94 bits per heavy atom. The second kappa shape index (κ2) is 3.20. The van der Waals surface area contributed by atoms with Crippen molar-refractivity contribution in [3.63, 3.8) is 0 Å². The average Bonchev–Trinajstić information content (AvgIpc) is 2.81. The van der Waals surface area contributed by atoms with Gasteiger partial charge in [0, 0.05) is 5.56 Å². The molecule has 3 aromatic rings. The van der Waals surface area contributed by atoms with E-state index in [0.29, 0.717) is 0 Å². The van der Waals surface area contributed by atoms with E-state index in [1.54, 1.807) is 0 Å². The first kappa shape index (κ1) is 9.15. The molecule has 4 heteroatoms. The third-order valence-corrected chi connectivity index (χ3v) is 2.61. The molecule has 0 fully saturated rings. The van der Waals surface area contributed by atoms with Gasteiger partial charge in [0.2, 0.25) is 0 Å². The first-order chi connectivity index (χ1) is 7.72. The molecule has 0 saturated heterocycles. The van der Waals surface area contributed by atoms with Crippen LogP contribution in [-0.4, -0.2) is 19.9 Å². The fraction of sp³-hybridized carbons (Fsp3) is 0.167. The van der Waals surface area contributed by atoms with Crippen LogP contribution in [0.5, 0.6) is 0 Å². The largest absolute Gasteiger partial charge is 0.342 e. The molecule has 4 nitrogen and oxygen atoms in total.